The first-order valence-electron chi connectivity index (χ1n) is 13.4. The summed E-state index contributed by atoms with van der Waals surface area (Å²) < 4.78 is 2.22. The van der Waals surface area contributed by atoms with E-state index < -0.39 is 34.5 Å². The van der Waals surface area contributed by atoms with E-state index >= 15 is 0 Å². The Balaban J connectivity index is 1.56. The topological polar surface area (TPSA) is 307 Å². The SMILES string of the molecule is CNc1nc2c(c(N)nc(=O)n2CCN(CCn2c(=O)nc(N)c3c(=O)[nH]c(NC)nc32)[C@@H](Cc2cnc[nH]2)C(=O)O)c(=O)[nH]1. The summed E-state index contributed by atoms with van der Waals surface area (Å²) in [6, 6.07) is -1.19. The summed E-state index contributed by atoms with van der Waals surface area (Å²) in [6.45, 7) is -0.543. The van der Waals surface area contributed by atoms with E-state index in [9.17, 15) is 29.1 Å². The second kappa shape index (κ2) is 12.2. The van der Waals surface area contributed by atoms with E-state index in [2.05, 4.69) is 50.5 Å². The van der Waals surface area contributed by atoms with Crippen molar-refractivity contribution in [3.05, 3.63) is 59.9 Å². The number of aromatic amines is 3. The molecular formula is C24H29N15O6. The van der Waals surface area contributed by atoms with E-state index in [1.807, 2.05) is 0 Å². The molecule has 0 aliphatic heterocycles. The number of carboxylic acid groups (broad SMARTS) is 1. The van der Waals surface area contributed by atoms with Gasteiger partial charge in [0, 0.05) is 58.6 Å². The van der Waals surface area contributed by atoms with Gasteiger partial charge in [-0.2, -0.15) is 19.9 Å². The quantitative estimate of drug-likeness (QED) is 0.0684. The number of carbonyl (C=O) groups is 1. The van der Waals surface area contributed by atoms with E-state index in [1.54, 1.807) is 0 Å². The van der Waals surface area contributed by atoms with Crippen LogP contribution in [0.3, 0.4) is 0 Å². The molecule has 21 nitrogen and oxygen atoms in total. The highest BCUT2D eigenvalue weighted by atomic mass is 16.4. The minimum absolute atomic E-state index is 0.0236. The molecule has 5 aromatic rings. The van der Waals surface area contributed by atoms with Crippen LogP contribution >= 0.6 is 0 Å². The highest BCUT2D eigenvalue weighted by Gasteiger charge is 2.28. The Hall–Kier alpha value is -6.12. The minimum Gasteiger partial charge on any atom is -0.480 e. The van der Waals surface area contributed by atoms with Crippen LogP contribution in [-0.2, 0) is 24.3 Å². The molecule has 0 radical (unpaired) electrons. The van der Waals surface area contributed by atoms with Gasteiger partial charge in [0.1, 0.15) is 28.5 Å². The average Bonchev–Trinajstić information content (AvgIpc) is 3.51. The van der Waals surface area contributed by atoms with Crippen LogP contribution in [0, 0.1) is 0 Å². The van der Waals surface area contributed by atoms with E-state index in [-0.39, 0.29) is 78.2 Å². The molecule has 0 aromatic carbocycles. The molecule has 0 aliphatic rings. The molecule has 1 atom stereocenters. The van der Waals surface area contributed by atoms with Gasteiger partial charge in [-0.15, -0.1) is 0 Å². The Labute approximate surface area is 250 Å². The summed E-state index contributed by atoms with van der Waals surface area (Å²) in [5.74, 6) is -1.70. The van der Waals surface area contributed by atoms with Gasteiger partial charge >= 0.3 is 17.3 Å². The molecule has 5 aromatic heterocycles. The van der Waals surface area contributed by atoms with E-state index in [0.717, 1.165) is 9.13 Å². The number of hydrogen-bond acceptors (Lipinski definition) is 15. The fourth-order valence-electron chi connectivity index (χ4n) is 4.89. The van der Waals surface area contributed by atoms with Crippen molar-refractivity contribution in [2.45, 2.75) is 25.6 Å². The van der Waals surface area contributed by atoms with E-state index in [4.69, 9.17) is 11.5 Å². The number of H-pyrrole nitrogens is 3. The molecule has 0 saturated heterocycles. The van der Waals surface area contributed by atoms with Gasteiger partial charge in [-0.05, 0) is 0 Å². The standard InChI is InChI=1S/C24H29N15O6/c1-27-21-33-16-12(18(40)35-21)14(25)31-23(44)38(16)5-3-37(11(20(42)43)7-10-8-29-9-30-10)4-6-39-17-13(15(26)32-24(39)45)19(41)36-22(28-2)34-17/h8-9,11H,3-7H2,1-2H3,(H,29,30)(H,42,43)(H2,25,31,44)(H2,26,32,45)(H2,27,33,35,40)(H2,28,34,36,41)/t11-/m0/s1. The zero-order chi connectivity index (χ0) is 32.4. The third-order valence-electron chi connectivity index (χ3n) is 7.11. The normalized spacial score (nSPS) is 12.2. The van der Waals surface area contributed by atoms with Crippen molar-refractivity contribution in [2.75, 3.05) is 49.3 Å². The molecule has 0 aliphatic carbocycles. The smallest absolute Gasteiger partial charge is 0.351 e. The van der Waals surface area contributed by atoms with E-state index in [0.29, 0.717) is 5.69 Å². The fourth-order valence-corrected chi connectivity index (χ4v) is 4.89. The average molecular weight is 624 g/mol. The lowest BCUT2D eigenvalue weighted by Crippen LogP contribution is -2.47. The Kier molecular flexibility index (Phi) is 8.25. The van der Waals surface area contributed by atoms with Crippen LogP contribution in [0.15, 0.2) is 31.7 Å². The van der Waals surface area contributed by atoms with Crippen molar-refractivity contribution in [3.63, 3.8) is 0 Å². The molecule has 45 heavy (non-hydrogen) atoms. The Morgan fingerprint density at radius 3 is 1.78 bits per heavy atom. The third-order valence-corrected chi connectivity index (χ3v) is 7.11. The van der Waals surface area contributed by atoms with Crippen LogP contribution in [0.5, 0.6) is 0 Å². The van der Waals surface area contributed by atoms with Gasteiger partial charge in [0.05, 0.1) is 6.33 Å². The predicted octanol–water partition coefficient (Wildman–Crippen LogP) is -3.06. The summed E-state index contributed by atoms with van der Waals surface area (Å²) in [5, 5.41) is 15.4. The van der Waals surface area contributed by atoms with Crippen LogP contribution in [0.4, 0.5) is 23.5 Å². The summed E-state index contributed by atoms with van der Waals surface area (Å²) in [4.78, 5) is 93.3. The molecule has 5 rings (SSSR count). The molecular weight excluding hydrogens is 594 g/mol. The number of rotatable bonds is 12. The summed E-state index contributed by atoms with van der Waals surface area (Å²) in [5.41, 5.74) is 9.24. The van der Waals surface area contributed by atoms with E-state index in [1.165, 1.54) is 31.5 Å². The van der Waals surface area contributed by atoms with Crippen molar-refractivity contribution in [1.29, 1.82) is 0 Å². The monoisotopic (exact) mass is 623 g/mol. The predicted molar refractivity (Wildman–Crippen MR) is 162 cm³/mol. The fraction of sp³-hybridized carbons (Fsp3) is 0.333. The maximum absolute atomic E-state index is 13.0. The van der Waals surface area contributed by atoms with Crippen LogP contribution in [0.25, 0.3) is 22.1 Å². The molecule has 0 bridgehead atoms. The Bertz CT molecular complexity index is 2010. The van der Waals surface area contributed by atoms with Gasteiger partial charge in [0.2, 0.25) is 11.9 Å². The molecule has 5 heterocycles. The number of carboxylic acids is 1. The first-order chi connectivity index (χ1) is 21.5. The molecule has 0 fully saturated rings. The number of fused-ring (bicyclic) bond motifs is 2. The molecule has 236 valence electrons. The highest BCUT2D eigenvalue weighted by molar-refractivity contribution is 5.85. The van der Waals surface area contributed by atoms with Crippen molar-refractivity contribution in [3.8, 4) is 0 Å². The zero-order valence-electron chi connectivity index (χ0n) is 24.0. The number of hydrogen-bond donors (Lipinski definition) is 8. The maximum atomic E-state index is 13.0. The van der Waals surface area contributed by atoms with Gasteiger partial charge in [-0.25, -0.2) is 14.6 Å². The molecule has 0 saturated carbocycles. The van der Waals surface area contributed by atoms with Crippen molar-refractivity contribution >= 4 is 51.6 Å². The van der Waals surface area contributed by atoms with Crippen molar-refractivity contribution in [1.82, 2.24) is 53.9 Å². The Morgan fingerprint density at radius 1 is 0.889 bits per heavy atom. The largest absolute Gasteiger partial charge is 0.480 e. The van der Waals surface area contributed by atoms with Gasteiger partial charge in [0.15, 0.2) is 11.3 Å². The number of nitrogens with one attached hydrogen (secondary N) is 5. The number of aliphatic carboxylic acids is 1. The maximum Gasteiger partial charge on any atom is 0.351 e. The number of nitrogens with zero attached hydrogens (tertiary/aromatic N) is 8. The zero-order valence-corrected chi connectivity index (χ0v) is 24.0. The second-order valence-electron chi connectivity index (χ2n) is 9.76. The summed E-state index contributed by atoms with van der Waals surface area (Å²) in [6.07, 6.45) is 2.86. The van der Waals surface area contributed by atoms with Gasteiger partial charge in [-0.1, -0.05) is 0 Å². The van der Waals surface area contributed by atoms with Gasteiger partial charge < -0.3 is 32.2 Å². The second-order valence-corrected chi connectivity index (χ2v) is 9.76. The summed E-state index contributed by atoms with van der Waals surface area (Å²) in [7, 11) is 3.04. The molecule has 0 unspecified atom stereocenters. The number of imidazole rings is 1. The van der Waals surface area contributed by atoms with Gasteiger partial charge in [-0.3, -0.25) is 38.4 Å². The number of anilines is 4. The lowest BCUT2D eigenvalue weighted by atomic mass is 10.1. The van der Waals surface area contributed by atoms with Crippen LogP contribution in [0.2, 0.25) is 0 Å². The number of nitrogen functional groups attached to an aromatic ring is 2. The molecule has 0 amide bonds. The van der Waals surface area contributed by atoms with Crippen molar-refractivity contribution < 1.29 is 9.90 Å². The van der Waals surface area contributed by atoms with Crippen molar-refractivity contribution in [2.24, 2.45) is 0 Å². The Morgan fingerprint density at radius 2 is 1.38 bits per heavy atom. The molecule has 0 spiro atoms. The summed E-state index contributed by atoms with van der Waals surface area (Å²) >= 11 is 0. The van der Waals surface area contributed by atoms with Crippen LogP contribution in [-0.4, -0.2) is 98.2 Å². The first kappa shape index (κ1) is 30.3. The highest BCUT2D eigenvalue weighted by Crippen LogP contribution is 2.15. The minimum atomic E-state index is -1.20. The molecule has 21 heteroatoms. The molecule has 10 N–H and O–H groups in total. The third kappa shape index (κ3) is 5.90. The van der Waals surface area contributed by atoms with Gasteiger partial charge in [0.25, 0.3) is 11.1 Å². The van der Waals surface area contributed by atoms with Crippen LogP contribution < -0.4 is 44.6 Å². The lowest BCUT2D eigenvalue weighted by Gasteiger charge is -2.29. The number of aromatic nitrogens is 10. The first-order valence-corrected chi connectivity index (χ1v) is 13.4. The van der Waals surface area contributed by atoms with Crippen LogP contribution in [0.1, 0.15) is 5.69 Å². The lowest BCUT2D eigenvalue weighted by molar-refractivity contribution is -0.143. The number of nitrogens with two attached hydrogens (primary N) is 2.